The predicted molar refractivity (Wildman–Crippen MR) is 57.3 cm³/mol. The van der Waals surface area contributed by atoms with Gasteiger partial charge < -0.3 is 15.9 Å². The Balaban J connectivity index is 2.62. The molecule has 2 aromatic rings. The van der Waals surface area contributed by atoms with Crippen molar-refractivity contribution in [2.75, 3.05) is 0 Å². The van der Waals surface area contributed by atoms with Crippen LogP contribution in [0.25, 0.3) is 11.0 Å². The van der Waals surface area contributed by atoms with Gasteiger partial charge in [0.05, 0.1) is 5.52 Å². The zero-order valence-corrected chi connectivity index (χ0v) is 8.73. The zero-order valence-electron chi connectivity index (χ0n) is 8.73. The number of hydrogen-bond acceptors (Lipinski definition) is 3. The highest BCUT2D eigenvalue weighted by molar-refractivity contribution is 5.74. The largest absolute Gasteiger partial charge is 0.428 e. The molecule has 0 aliphatic carbocycles. The summed E-state index contributed by atoms with van der Waals surface area (Å²) in [6.07, 6.45) is 1.57. The molecule has 0 radical (unpaired) electrons. The molecule has 5 nitrogen and oxygen atoms in total. The van der Waals surface area contributed by atoms with E-state index >= 15 is 0 Å². The second-order valence-corrected chi connectivity index (χ2v) is 4.07. The van der Waals surface area contributed by atoms with Crippen LogP contribution in [0.3, 0.4) is 0 Å². The third-order valence-electron chi connectivity index (χ3n) is 1.98. The second-order valence-electron chi connectivity index (χ2n) is 4.07. The average Bonchev–Trinajstić information content (AvgIpc) is 2.45. The molecule has 2 rings (SSSR count). The number of rotatable bonds is 1. The van der Waals surface area contributed by atoms with Crippen molar-refractivity contribution in [2.45, 2.75) is 19.5 Å². The lowest BCUT2D eigenvalue weighted by Gasteiger charge is -2.10. The summed E-state index contributed by atoms with van der Waals surface area (Å²) in [6.45, 7) is 3.64. The van der Waals surface area contributed by atoms with Gasteiger partial charge in [0.25, 0.3) is 0 Å². The summed E-state index contributed by atoms with van der Waals surface area (Å²) < 4.78 is 1.06. The van der Waals surface area contributed by atoms with Crippen molar-refractivity contribution in [1.29, 1.82) is 0 Å². The maximum Gasteiger partial charge on any atom is 0.127 e. The van der Waals surface area contributed by atoms with Gasteiger partial charge in [-0.2, -0.15) is 4.73 Å². The van der Waals surface area contributed by atoms with Crippen LogP contribution in [0.5, 0.6) is 0 Å². The minimum atomic E-state index is -0.605. The van der Waals surface area contributed by atoms with Crippen molar-refractivity contribution < 1.29 is 5.21 Å². The molecule has 2 heterocycles. The Morgan fingerprint density at radius 3 is 2.80 bits per heavy atom. The number of nitrogens with one attached hydrogen (secondary N) is 1. The van der Waals surface area contributed by atoms with E-state index in [2.05, 4.69) is 9.98 Å². The van der Waals surface area contributed by atoms with Gasteiger partial charge in [0.2, 0.25) is 0 Å². The molecule has 0 saturated heterocycles. The number of hydrogen-bond donors (Lipinski definition) is 3. The highest BCUT2D eigenvalue weighted by Crippen LogP contribution is 2.08. The summed E-state index contributed by atoms with van der Waals surface area (Å²) in [5, 5.41) is 9.38. The van der Waals surface area contributed by atoms with E-state index in [-0.39, 0.29) is 0 Å². The fourth-order valence-electron chi connectivity index (χ4n) is 1.42. The van der Waals surface area contributed by atoms with Crippen LogP contribution < -0.4 is 11.2 Å². The number of aromatic amines is 1. The smallest absolute Gasteiger partial charge is 0.127 e. The summed E-state index contributed by atoms with van der Waals surface area (Å²) in [5.74, 6) is 0. The summed E-state index contributed by atoms with van der Waals surface area (Å²) in [5.41, 5.74) is 7.40. The molecule has 0 aliphatic rings. The number of nitrogens with two attached hydrogens (primary N) is 1. The quantitative estimate of drug-likeness (QED) is 0.603. The molecule has 0 fully saturated rings. The molecular formula is C10H14N4O. The van der Waals surface area contributed by atoms with Gasteiger partial charge in [0, 0.05) is 6.20 Å². The van der Waals surface area contributed by atoms with E-state index in [9.17, 15) is 5.21 Å². The lowest BCUT2D eigenvalue weighted by atomic mass is 10.3. The molecular weight excluding hydrogens is 192 g/mol. The number of fused-ring (bicyclic) bond motifs is 1. The molecule has 0 atom stereocenters. The monoisotopic (exact) mass is 206 g/mol. The Morgan fingerprint density at radius 1 is 1.40 bits per heavy atom. The van der Waals surface area contributed by atoms with Crippen LogP contribution in [-0.2, 0) is 0 Å². The number of aromatic nitrogens is 2. The van der Waals surface area contributed by atoms with E-state index in [1.165, 1.54) is 0 Å². The lowest BCUT2D eigenvalue weighted by Crippen LogP contribution is -2.32. The maximum absolute atomic E-state index is 9.38. The van der Waals surface area contributed by atoms with Crippen LogP contribution in [0, 0.1) is 0 Å². The molecule has 4 N–H and O–H groups in total. The SMILES string of the molecule is CC(C)(N)/N=c1/ccc2c(ccn2O)[nH]1. The lowest BCUT2D eigenvalue weighted by molar-refractivity contribution is 0.200. The van der Waals surface area contributed by atoms with E-state index in [4.69, 9.17) is 5.73 Å². The standard InChI is InChI=1S/C10H14N4O/c1-10(2,11)13-9-4-3-8-7(12-9)5-6-14(8)15/h3-6,15H,11H2,1-2H3,(H,12,13). The van der Waals surface area contributed by atoms with Gasteiger partial charge in [-0.1, -0.05) is 0 Å². The Bertz CT molecular complexity index is 544. The van der Waals surface area contributed by atoms with E-state index < -0.39 is 5.66 Å². The third-order valence-corrected chi connectivity index (χ3v) is 1.98. The van der Waals surface area contributed by atoms with Crippen molar-refractivity contribution in [2.24, 2.45) is 10.7 Å². The molecule has 0 amide bonds. The van der Waals surface area contributed by atoms with Crippen LogP contribution in [0.15, 0.2) is 29.4 Å². The number of nitrogens with zero attached hydrogens (tertiary/aromatic N) is 2. The Morgan fingerprint density at radius 2 is 2.13 bits per heavy atom. The minimum Gasteiger partial charge on any atom is -0.428 e. The van der Waals surface area contributed by atoms with E-state index in [1.54, 1.807) is 24.4 Å². The topological polar surface area (TPSA) is 79.3 Å². The average molecular weight is 206 g/mol. The minimum absolute atomic E-state index is 0.605. The first kappa shape index (κ1) is 9.79. The molecule has 2 aromatic heterocycles. The van der Waals surface area contributed by atoms with E-state index in [0.717, 1.165) is 10.2 Å². The van der Waals surface area contributed by atoms with Crippen molar-refractivity contribution >= 4 is 11.0 Å². The first-order valence-electron chi connectivity index (χ1n) is 4.70. The third kappa shape index (κ3) is 2.02. The van der Waals surface area contributed by atoms with Gasteiger partial charge in [0.1, 0.15) is 16.7 Å². The van der Waals surface area contributed by atoms with Gasteiger partial charge >= 0.3 is 0 Å². The zero-order chi connectivity index (χ0) is 11.1. The van der Waals surface area contributed by atoms with Crippen LogP contribution in [-0.4, -0.2) is 20.6 Å². The summed E-state index contributed by atoms with van der Waals surface area (Å²) in [6, 6.07) is 5.35. The Kier molecular flexibility index (Phi) is 2.04. The van der Waals surface area contributed by atoms with Crippen LogP contribution >= 0.6 is 0 Å². The summed E-state index contributed by atoms with van der Waals surface area (Å²) >= 11 is 0. The van der Waals surface area contributed by atoms with Gasteiger partial charge in [-0.15, -0.1) is 0 Å². The van der Waals surface area contributed by atoms with E-state index in [1.807, 2.05) is 13.8 Å². The molecule has 80 valence electrons. The molecule has 0 saturated carbocycles. The van der Waals surface area contributed by atoms with Crippen molar-refractivity contribution in [3.63, 3.8) is 0 Å². The van der Waals surface area contributed by atoms with Crippen molar-refractivity contribution in [1.82, 2.24) is 9.71 Å². The summed E-state index contributed by atoms with van der Waals surface area (Å²) in [4.78, 5) is 7.36. The fourth-order valence-corrected chi connectivity index (χ4v) is 1.42. The Hall–Kier alpha value is -1.75. The molecule has 0 aromatic carbocycles. The second kappa shape index (κ2) is 3.13. The van der Waals surface area contributed by atoms with Crippen LogP contribution in [0.2, 0.25) is 0 Å². The summed E-state index contributed by atoms with van der Waals surface area (Å²) in [7, 11) is 0. The van der Waals surface area contributed by atoms with Crippen LogP contribution in [0.4, 0.5) is 0 Å². The van der Waals surface area contributed by atoms with E-state index in [0.29, 0.717) is 11.0 Å². The highest BCUT2D eigenvalue weighted by Gasteiger charge is 2.06. The predicted octanol–water partition coefficient (Wildman–Crippen LogP) is 0.802. The molecule has 0 unspecified atom stereocenters. The van der Waals surface area contributed by atoms with Crippen molar-refractivity contribution in [3.8, 4) is 0 Å². The molecule has 0 bridgehead atoms. The van der Waals surface area contributed by atoms with Crippen molar-refractivity contribution in [3.05, 3.63) is 29.9 Å². The first-order valence-corrected chi connectivity index (χ1v) is 4.70. The highest BCUT2D eigenvalue weighted by atomic mass is 16.5. The molecule has 0 aliphatic heterocycles. The van der Waals surface area contributed by atoms with Gasteiger partial charge in [-0.25, -0.2) is 4.99 Å². The normalized spacial score (nSPS) is 13.7. The first-order chi connectivity index (χ1) is 6.96. The van der Waals surface area contributed by atoms with Gasteiger partial charge in [-0.3, -0.25) is 0 Å². The molecule has 0 spiro atoms. The van der Waals surface area contributed by atoms with Crippen LogP contribution in [0.1, 0.15) is 13.8 Å². The van der Waals surface area contributed by atoms with Gasteiger partial charge in [0.15, 0.2) is 0 Å². The van der Waals surface area contributed by atoms with Gasteiger partial charge in [-0.05, 0) is 32.0 Å². The molecule has 5 heteroatoms. The Labute approximate surface area is 86.8 Å². The molecule has 15 heavy (non-hydrogen) atoms. The number of H-pyrrole nitrogens is 1. The maximum atomic E-state index is 9.38. The number of pyridine rings is 1. The fraction of sp³-hybridized carbons (Fsp3) is 0.300.